The highest BCUT2D eigenvalue weighted by atomic mass is 16.5. The van der Waals surface area contributed by atoms with E-state index in [-0.39, 0.29) is 12.1 Å². The molecule has 0 aliphatic rings. The molecule has 0 aliphatic carbocycles. The third-order valence-corrected chi connectivity index (χ3v) is 4.04. The van der Waals surface area contributed by atoms with Gasteiger partial charge in [0, 0.05) is 12.1 Å². The molecule has 8 heteroatoms. The van der Waals surface area contributed by atoms with Gasteiger partial charge in [-0.25, -0.2) is 0 Å². The van der Waals surface area contributed by atoms with Crippen LogP contribution in [0.4, 0.5) is 0 Å². The molecule has 0 spiro atoms. The molecule has 0 aromatic heterocycles. The molecule has 8 nitrogen and oxygen atoms in total. The number of methoxy groups -OCH3 is 3. The monoisotopic (exact) mass is 388 g/mol. The number of carbonyl (C=O) groups excluding carboxylic acids is 2. The molecule has 0 bridgehead atoms. The fourth-order valence-electron chi connectivity index (χ4n) is 2.56. The molecule has 0 unspecified atom stereocenters. The van der Waals surface area contributed by atoms with Gasteiger partial charge in [0.25, 0.3) is 5.91 Å². The zero-order valence-electron chi connectivity index (χ0n) is 16.0. The van der Waals surface area contributed by atoms with E-state index in [0.29, 0.717) is 17.2 Å². The first-order valence-electron chi connectivity index (χ1n) is 8.57. The third-order valence-electron chi connectivity index (χ3n) is 4.04. The number of hydrogen-bond donors (Lipinski definition) is 3. The number of aliphatic hydroxyl groups is 1. The molecule has 0 radical (unpaired) electrons. The van der Waals surface area contributed by atoms with Crippen LogP contribution in [0.3, 0.4) is 0 Å². The number of amides is 2. The van der Waals surface area contributed by atoms with Crippen LogP contribution in [-0.4, -0.2) is 50.9 Å². The summed E-state index contributed by atoms with van der Waals surface area (Å²) in [5.74, 6) is -0.0941. The molecule has 2 amide bonds. The molecule has 1 atom stereocenters. The van der Waals surface area contributed by atoms with Crippen molar-refractivity contribution in [2.24, 2.45) is 0 Å². The molecular formula is C20H24N2O6. The topological polar surface area (TPSA) is 106 Å². The van der Waals surface area contributed by atoms with E-state index >= 15 is 0 Å². The van der Waals surface area contributed by atoms with Crippen LogP contribution in [0.25, 0.3) is 0 Å². The predicted octanol–water partition coefficient (Wildman–Crippen LogP) is 1.12. The van der Waals surface area contributed by atoms with Gasteiger partial charge in [-0.2, -0.15) is 0 Å². The Morgan fingerprint density at radius 2 is 1.61 bits per heavy atom. The maximum atomic E-state index is 12.6. The van der Waals surface area contributed by atoms with Crippen molar-refractivity contribution in [2.45, 2.75) is 12.6 Å². The highest BCUT2D eigenvalue weighted by Gasteiger charge is 2.23. The van der Waals surface area contributed by atoms with Gasteiger partial charge in [0.1, 0.15) is 6.04 Å². The van der Waals surface area contributed by atoms with Crippen molar-refractivity contribution in [2.75, 3.05) is 27.9 Å². The Kier molecular flexibility index (Phi) is 7.65. The van der Waals surface area contributed by atoms with Gasteiger partial charge >= 0.3 is 0 Å². The third kappa shape index (κ3) is 5.14. The van der Waals surface area contributed by atoms with Gasteiger partial charge < -0.3 is 30.0 Å². The normalized spacial score (nSPS) is 11.3. The van der Waals surface area contributed by atoms with Crippen LogP contribution in [0.2, 0.25) is 0 Å². The summed E-state index contributed by atoms with van der Waals surface area (Å²) < 4.78 is 15.7. The summed E-state index contributed by atoms with van der Waals surface area (Å²) in [6, 6.07) is 11.1. The lowest BCUT2D eigenvalue weighted by atomic mass is 10.1. The minimum absolute atomic E-state index is 0.198. The fourth-order valence-corrected chi connectivity index (χ4v) is 2.56. The Labute approximate surface area is 163 Å². The predicted molar refractivity (Wildman–Crippen MR) is 103 cm³/mol. The molecule has 0 saturated heterocycles. The lowest BCUT2D eigenvalue weighted by Gasteiger charge is -2.18. The van der Waals surface area contributed by atoms with Gasteiger partial charge in [-0.05, 0) is 17.7 Å². The number of aliphatic hydroxyl groups excluding tert-OH is 1. The second-order valence-corrected chi connectivity index (χ2v) is 5.83. The van der Waals surface area contributed by atoms with Gasteiger partial charge in [-0.1, -0.05) is 30.3 Å². The molecule has 2 aromatic rings. The van der Waals surface area contributed by atoms with Crippen molar-refractivity contribution in [1.29, 1.82) is 0 Å². The fraction of sp³-hybridized carbons (Fsp3) is 0.300. The average Bonchev–Trinajstić information content (AvgIpc) is 2.75. The number of rotatable bonds is 9. The average molecular weight is 388 g/mol. The van der Waals surface area contributed by atoms with Crippen LogP contribution in [-0.2, 0) is 11.3 Å². The Hall–Kier alpha value is -3.26. The second-order valence-electron chi connectivity index (χ2n) is 5.83. The molecule has 0 aliphatic heterocycles. The van der Waals surface area contributed by atoms with Crippen molar-refractivity contribution in [3.8, 4) is 17.2 Å². The summed E-state index contributed by atoms with van der Waals surface area (Å²) in [5, 5.41) is 14.7. The molecule has 150 valence electrons. The molecule has 0 heterocycles. The minimum Gasteiger partial charge on any atom is -0.493 e. The standard InChI is InChI=1S/C20H24N2O6/c1-26-16-9-14(10-17(27-2)18(16)28-3)19(24)22-15(12-23)20(25)21-11-13-7-5-4-6-8-13/h4-10,15,23H,11-12H2,1-3H3,(H,21,25)(H,22,24)/t15-/m0/s1. The maximum Gasteiger partial charge on any atom is 0.252 e. The van der Waals surface area contributed by atoms with Gasteiger partial charge in [-0.15, -0.1) is 0 Å². The van der Waals surface area contributed by atoms with Crippen LogP contribution in [0, 0.1) is 0 Å². The Balaban J connectivity index is 2.09. The zero-order valence-corrected chi connectivity index (χ0v) is 16.0. The van der Waals surface area contributed by atoms with E-state index in [1.165, 1.54) is 33.5 Å². The van der Waals surface area contributed by atoms with Crippen molar-refractivity contribution in [1.82, 2.24) is 10.6 Å². The van der Waals surface area contributed by atoms with E-state index < -0.39 is 24.5 Å². The number of nitrogens with one attached hydrogen (secondary N) is 2. The highest BCUT2D eigenvalue weighted by Crippen LogP contribution is 2.38. The first-order chi connectivity index (χ1) is 13.5. The summed E-state index contributed by atoms with van der Waals surface area (Å²) in [6.45, 7) is -0.257. The number of ether oxygens (including phenoxy) is 3. The van der Waals surface area contributed by atoms with Crippen molar-refractivity contribution < 1.29 is 28.9 Å². The molecule has 28 heavy (non-hydrogen) atoms. The molecule has 3 N–H and O–H groups in total. The number of carbonyl (C=O) groups is 2. The maximum absolute atomic E-state index is 12.6. The number of benzene rings is 2. The van der Waals surface area contributed by atoms with Crippen molar-refractivity contribution in [3.63, 3.8) is 0 Å². The van der Waals surface area contributed by atoms with E-state index in [0.717, 1.165) is 5.56 Å². The first-order valence-corrected chi connectivity index (χ1v) is 8.57. The molecule has 0 saturated carbocycles. The van der Waals surface area contributed by atoms with E-state index in [9.17, 15) is 14.7 Å². The summed E-state index contributed by atoms with van der Waals surface area (Å²) in [7, 11) is 4.33. The summed E-state index contributed by atoms with van der Waals surface area (Å²) in [4.78, 5) is 24.9. The van der Waals surface area contributed by atoms with Gasteiger partial charge in [0.15, 0.2) is 11.5 Å². The molecule has 0 fully saturated rings. The Morgan fingerprint density at radius 3 is 2.11 bits per heavy atom. The second kappa shape index (κ2) is 10.2. The van der Waals surface area contributed by atoms with E-state index in [1.807, 2.05) is 30.3 Å². The lowest BCUT2D eigenvalue weighted by Crippen LogP contribution is -2.48. The van der Waals surface area contributed by atoms with Crippen LogP contribution < -0.4 is 24.8 Å². The molecule has 2 rings (SSSR count). The van der Waals surface area contributed by atoms with Gasteiger partial charge in [-0.3, -0.25) is 9.59 Å². The first kappa shape index (κ1) is 21.0. The van der Waals surface area contributed by atoms with Crippen molar-refractivity contribution >= 4 is 11.8 Å². The largest absolute Gasteiger partial charge is 0.493 e. The quantitative estimate of drug-likeness (QED) is 0.594. The van der Waals surface area contributed by atoms with Crippen LogP contribution in [0.15, 0.2) is 42.5 Å². The minimum atomic E-state index is -1.10. The number of hydrogen-bond acceptors (Lipinski definition) is 6. The lowest BCUT2D eigenvalue weighted by molar-refractivity contribution is -0.124. The Bertz CT molecular complexity index is 785. The van der Waals surface area contributed by atoms with Crippen LogP contribution in [0.5, 0.6) is 17.2 Å². The molecule has 2 aromatic carbocycles. The summed E-state index contributed by atoms with van der Waals surface area (Å²) >= 11 is 0. The van der Waals surface area contributed by atoms with E-state index in [4.69, 9.17) is 14.2 Å². The zero-order chi connectivity index (χ0) is 20.5. The highest BCUT2D eigenvalue weighted by molar-refractivity contribution is 5.98. The van der Waals surface area contributed by atoms with E-state index in [1.54, 1.807) is 0 Å². The summed E-state index contributed by atoms with van der Waals surface area (Å²) in [5.41, 5.74) is 1.10. The van der Waals surface area contributed by atoms with E-state index in [2.05, 4.69) is 10.6 Å². The summed E-state index contributed by atoms with van der Waals surface area (Å²) in [6.07, 6.45) is 0. The Morgan fingerprint density at radius 1 is 1.00 bits per heavy atom. The SMILES string of the molecule is COc1cc(C(=O)N[C@@H](CO)C(=O)NCc2ccccc2)cc(OC)c1OC. The van der Waals surface area contributed by atoms with Crippen molar-refractivity contribution in [3.05, 3.63) is 53.6 Å². The molecular weight excluding hydrogens is 364 g/mol. The van der Waals surface area contributed by atoms with Gasteiger partial charge in [0.2, 0.25) is 11.7 Å². The van der Waals surface area contributed by atoms with Gasteiger partial charge in [0.05, 0.1) is 27.9 Å². The van der Waals surface area contributed by atoms with Crippen LogP contribution in [0.1, 0.15) is 15.9 Å². The van der Waals surface area contributed by atoms with Crippen LogP contribution >= 0.6 is 0 Å². The smallest absolute Gasteiger partial charge is 0.252 e.